The molecule has 1 fully saturated rings. The molecule has 0 radical (unpaired) electrons. The number of nitrogens with two attached hydrogens (primary N) is 1. The van der Waals surface area contributed by atoms with Crippen molar-refractivity contribution in [3.05, 3.63) is 23.8 Å². The summed E-state index contributed by atoms with van der Waals surface area (Å²) >= 11 is 0. The SMILES string of the molecule is CC1CC(Oc2ccc(C#N)cc2N)CC(C)O1. The Morgan fingerprint density at radius 3 is 2.56 bits per heavy atom. The van der Waals surface area contributed by atoms with Crippen LogP contribution in [0.5, 0.6) is 5.75 Å². The van der Waals surface area contributed by atoms with Crippen molar-refractivity contribution < 1.29 is 9.47 Å². The summed E-state index contributed by atoms with van der Waals surface area (Å²) in [6.07, 6.45) is 2.27. The first-order valence-electron chi connectivity index (χ1n) is 6.20. The van der Waals surface area contributed by atoms with E-state index in [4.69, 9.17) is 20.5 Å². The number of anilines is 1. The average molecular weight is 246 g/mol. The van der Waals surface area contributed by atoms with Crippen LogP contribution >= 0.6 is 0 Å². The highest BCUT2D eigenvalue weighted by Gasteiger charge is 2.26. The lowest BCUT2D eigenvalue weighted by Gasteiger charge is -2.32. The molecule has 1 saturated heterocycles. The van der Waals surface area contributed by atoms with Crippen LogP contribution in [0, 0.1) is 11.3 Å². The van der Waals surface area contributed by atoms with E-state index < -0.39 is 0 Å². The Labute approximate surface area is 107 Å². The second-order valence-corrected chi connectivity index (χ2v) is 4.83. The van der Waals surface area contributed by atoms with E-state index in [1.54, 1.807) is 18.2 Å². The van der Waals surface area contributed by atoms with Crippen LogP contribution in [0.1, 0.15) is 32.3 Å². The topological polar surface area (TPSA) is 68.3 Å². The quantitative estimate of drug-likeness (QED) is 0.814. The number of nitriles is 1. The Balaban J connectivity index is 2.07. The van der Waals surface area contributed by atoms with Gasteiger partial charge >= 0.3 is 0 Å². The van der Waals surface area contributed by atoms with Gasteiger partial charge < -0.3 is 15.2 Å². The molecule has 4 heteroatoms. The van der Waals surface area contributed by atoms with E-state index in [0.717, 1.165) is 12.8 Å². The molecule has 2 unspecified atom stereocenters. The van der Waals surface area contributed by atoms with Crippen molar-refractivity contribution in [3.63, 3.8) is 0 Å². The zero-order valence-corrected chi connectivity index (χ0v) is 10.7. The molecule has 1 aliphatic heterocycles. The number of hydrogen-bond donors (Lipinski definition) is 1. The van der Waals surface area contributed by atoms with Crippen molar-refractivity contribution >= 4 is 5.69 Å². The van der Waals surface area contributed by atoms with Crippen molar-refractivity contribution in [3.8, 4) is 11.8 Å². The van der Waals surface area contributed by atoms with Crippen LogP contribution in [0.25, 0.3) is 0 Å². The molecule has 0 amide bonds. The maximum Gasteiger partial charge on any atom is 0.142 e. The molecule has 1 aromatic rings. The van der Waals surface area contributed by atoms with E-state index in [-0.39, 0.29) is 18.3 Å². The first-order chi connectivity index (χ1) is 8.58. The van der Waals surface area contributed by atoms with Crippen molar-refractivity contribution in [2.45, 2.75) is 45.0 Å². The predicted octanol–water partition coefficient (Wildman–Crippen LogP) is 2.48. The molecule has 4 nitrogen and oxygen atoms in total. The van der Waals surface area contributed by atoms with E-state index in [1.807, 2.05) is 13.8 Å². The van der Waals surface area contributed by atoms with E-state index in [2.05, 4.69) is 6.07 Å². The Bertz CT molecular complexity index is 457. The lowest BCUT2D eigenvalue weighted by molar-refractivity contribution is -0.0720. The van der Waals surface area contributed by atoms with Crippen molar-refractivity contribution in [1.82, 2.24) is 0 Å². The van der Waals surface area contributed by atoms with Gasteiger partial charge in [-0.3, -0.25) is 0 Å². The highest BCUT2D eigenvalue weighted by molar-refractivity contribution is 5.56. The number of ether oxygens (including phenoxy) is 2. The van der Waals surface area contributed by atoms with E-state index in [9.17, 15) is 0 Å². The lowest BCUT2D eigenvalue weighted by Crippen LogP contribution is -2.35. The third kappa shape index (κ3) is 2.93. The molecule has 2 rings (SSSR count). The van der Waals surface area contributed by atoms with E-state index >= 15 is 0 Å². The van der Waals surface area contributed by atoms with Gasteiger partial charge in [0.2, 0.25) is 0 Å². The van der Waals surface area contributed by atoms with Gasteiger partial charge in [0.05, 0.1) is 29.5 Å². The molecule has 18 heavy (non-hydrogen) atoms. The molecular formula is C14H18N2O2. The fourth-order valence-corrected chi connectivity index (χ4v) is 2.35. The Hall–Kier alpha value is -1.73. The Kier molecular flexibility index (Phi) is 3.73. The monoisotopic (exact) mass is 246 g/mol. The second-order valence-electron chi connectivity index (χ2n) is 4.83. The minimum absolute atomic E-state index is 0.124. The van der Waals surface area contributed by atoms with Crippen LogP contribution in [0.3, 0.4) is 0 Å². The van der Waals surface area contributed by atoms with Crippen molar-refractivity contribution in [2.75, 3.05) is 5.73 Å². The highest BCUT2D eigenvalue weighted by Crippen LogP contribution is 2.28. The summed E-state index contributed by atoms with van der Waals surface area (Å²) in [4.78, 5) is 0. The van der Waals surface area contributed by atoms with Crippen molar-refractivity contribution in [1.29, 1.82) is 5.26 Å². The number of benzene rings is 1. The molecule has 0 spiro atoms. The van der Waals surface area contributed by atoms with Crippen LogP contribution in [0.15, 0.2) is 18.2 Å². The summed E-state index contributed by atoms with van der Waals surface area (Å²) in [5.41, 5.74) is 6.94. The second kappa shape index (κ2) is 5.28. The molecular weight excluding hydrogens is 228 g/mol. The van der Waals surface area contributed by atoms with Gasteiger partial charge in [-0.25, -0.2) is 0 Å². The molecule has 0 bridgehead atoms. The fraction of sp³-hybridized carbons (Fsp3) is 0.500. The van der Waals surface area contributed by atoms with Gasteiger partial charge in [0, 0.05) is 12.8 Å². The van der Waals surface area contributed by atoms with E-state index in [1.165, 1.54) is 0 Å². The van der Waals surface area contributed by atoms with Crippen LogP contribution in [-0.2, 0) is 4.74 Å². The number of rotatable bonds is 2. The molecule has 2 N–H and O–H groups in total. The number of nitrogens with zero attached hydrogens (tertiary/aromatic N) is 1. The molecule has 1 heterocycles. The van der Waals surface area contributed by atoms with Gasteiger partial charge in [0.15, 0.2) is 0 Å². The number of nitrogen functional groups attached to an aromatic ring is 1. The minimum atomic E-state index is 0.124. The predicted molar refractivity (Wildman–Crippen MR) is 69.2 cm³/mol. The summed E-state index contributed by atoms with van der Waals surface area (Å²) < 4.78 is 11.6. The van der Waals surface area contributed by atoms with Crippen LogP contribution in [0.2, 0.25) is 0 Å². The Morgan fingerprint density at radius 2 is 2.00 bits per heavy atom. The summed E-state index contributed by atoms with van der Waals surface area (Å²) in [5.74, 6) is 0.653. The first-order valence-corrected chi connectivity index (χ1v) is 6.20. The average Bonchev–Trinajstić information content (AvgIpc) is 2.30. The van der Waals surface area contributed by atoms with Gasteiger partial charge in [-0.1, -0.05) is 0 Å². The third-order valence-electron chi connectivity index (χ3n) is 3.09. The zero-order chi connectivity index (χ0) is 13.1. The number of hydrogen-bond acceptors (Lipinski definition) is 4. The molecule has 0 aliphatic carbocycles. The standard InChI is InChI=1S/C14H18N2O2/c1-9-5-12(6-10(2)17-9)18-14-4-3-11(8-15)7-13(14)16/h3-4,7,9-10,12H,5-6,16H2,1-2H3. The summed E-state index contributed by atoms with van der Waals surface area (Å²) in [6.45, 7) is 4.10. The third-order valence-corrected chi connectivity index (χ3v) is 3.09. The molecule has 1 aliphatic rings. The highest BCUT2D eigenvalue weighted by atomic mass is 16.5. The minimum Gasteiger partial charge on any atom is -0.488 e. The Morgan fingerprint density at radius 1 is 1.33 bits per heavy atom. The van der Waals surface area contributed by atoms with Crippen LogP contribution in [-0.4, -0.2) is 18.3 Å². The molecule has 96 valence electrons. The molecule has 0 saturated carbocycles. The summed E-state index contributed by atoms with van der Waals surface area (Å²) in [5, 5.41) is 8.78. The first kappa shape index (κ1) is 12.7. The van der Waals surface area contributed by atoms with Gasteiger partial charge in [0.1, 0.15) is 11.9 Å². The van der Waals surface area contributed by atoms with Gasteiger partial charge in [0.25, 0.3) is 0 Å². The van der Waals surface area contributed by atoms with Crippen LogP contribution in [0.4, 0.5) is 5.69 Å². The molecule has 0 aromatic heterocycles. The van der Waals surface area contributed by atoms with Crippen molar-refractivity contribution in [2.24, 2.45) is 0 Å². The summed E-state index contributed by atoms with van der Waals surface area (Å²) in [7, 11) is 0. The molecule has 2 atom stereocenters. The normalized spacial score (nSPS) is 27.5. The van der Waals surface area contributed by atoms with Gasteiger partial charge in [-0.05, 0) is 32.0 Å². The fourth-order valence-electron chi connectivity index (χ4n) is 2.35. The zero-order valence-electron chi connectivity index (χ0n) is 10.7. The van der Waals surface area contributed by atoms with Crippen LogP contribution < -0.4 is 10.5 Å². The maximum absolute atomic E-state index is 8.78. The maximum atomic E-state index is 8.78. The largest absolute Gasteiger partial charge is 0.488 e. The molecule has 1 aromatic carbocycles. The summed E-state index contributed by atoms with van der Waals surface area (Å²) in [6, 6.07) is 7.18. The van der Waals surface area contributed by atoms with E-state index in [0.29, 0.717) is 17.0 Å². The van der Waals surface area contributed by atoms with Gasteiger partial charge in [-0.2, -0.15) is 5.26 Å². The smallest absolute Gasteiger partial charge is 0.142 e. The lowest BCUT2D eigenvalue weighted by atomic mass is 10.0. The van der Waals surface area contributed by atoms with Gasteiger partial charge in [-0.15, -0.1) is 0 Å².